The van der Waals surface area contributed by atoms with Gasteiger partial charge in [0.25, 0.3) is 18.2 Å². The lowest BCUT2D eigenvalue weighted by molar-refractivity contribution is 0.0152. The molecule has 30 heavy (non-hydrogen) atoms. The highest BCUT2D eigenvalue weighted by Crippen LogP contribution is 2.25. The third-order valence-corrected chi connectivity index (χ3v) is 4.73. The molecule has 0 spiro atoms. The Labute approximate surface area is 165 Å². The maximum atomic E-state index is 13.7. The van der Waals surface area contributed by atoms with Crippen molar-refractivity contribution < 1.29 is 36.6 Å². The van der Waals surface area contributed by atoms with Crippen LogP contribution in [0.4, 0.5) is 22.0 Å². The van der Waals surface area contributed by atoms with E-state index >= 15 is 0 Å². The summed E-state index contributed by atoms with van der Waals surface area (Å²) in [6.45, 7) is -1.27. The number of carbonyl (C=O) groups is 2. The van der Waals surface area contributed by atoms with Crippen LogP contribution in [0, 0.1) is 17.5 Å². The molecule has 0 bridgehead atoms. The number of fused-ring (bicyclic) bond motifs is 1. The highest BCUT2D eigenvalue weighted by atomic mass is 19.3. The number of hydrogen-bond donors (Lipinski definition) is 2. The van der Waals surface area contributed by atoms with Crippen LogP contribution in [0.2, 0.25) is 0 Å². The first kappa shape index (κ1) is 21.3. The van der Waals surface area contributed by atoms with Crippen LogP contribution in [0.5, 0.6) is 5.75 Å². The number of pyridine rings is 1. The second kappa shape index (κ2) is 7.76. The number of nitrogens with one attached hydrogen (secondary N) is 1. The minimum absolute atomic E-state index is 0.400. The molecule has 0 saturated heterocycles. The van der Waals surface area contributed by atoms with Crippen molar-refractivity contribution in [3.8, 4) is 5.75 Å². The standard InChI is InChI=1S/C18H14F5N3O4/c1-25-12(16(22)23)6-26-5-9(14(27)15(28)13(26)18(25)30)17(29)24-4-8-10(20)2-7(19)3-11(8)21/h2-3,5,12,16,28H,4,6H2,1H3,(H,24,29). The van der Waals surface area contributed by atoms with Crippen molar-refractivity contribution in [1.29, 1.82) is 0 Å². The van der Waals surface area contributed by atoms with E-state index in [1.54, 1.807) is 0 Å². The lowest BCUT2D eigenvalue weighted by atomic mass is 10.1. The Bertz CT molecular complexity index is 1080. The molecule has 0 radical (unpaired) electrons. The van der Waals surface area contributed by atoms with Crippen molar-refractivity contribution in [2.24, 2.45) is 0 Å². The van der Waals surface area contributed by atoms with Crippen LogP contribution in [-0.2, 0) is 13.1 Å². The number of alkyl halides is 2. The summed E-state index contributed by atoms with van der Waals surface area (Å²) in [4.78, 5) is 37.6. The van der Waals surface area contributed by atoms with Crippen molar-refractivity contribution >= 4 is 11.8 Å². The predicted molar refractivity (Wildman–Crippen MR) is 91.7 cm³/mol. The van der Waals surface area contributed by atoms with Gasteiger partial charge in [0.15, 0.2) is 11.4 Å². The predicted octanol–water partition coefficient (Wildman–Crippen LogP) is 1.62. The molecule has 160 valence electrons. The number of nitrogens with zero attached hydrogens (tertiary/aromatic N) is 2. The first-order chi connectivity index (χ1) is 14.0. The maximum Gasteiger partial charge on any atom is 0.274 e. The van der Waals surface area contributed by atoms with Gasteiger partial charge in [0.2, 0.25) is 5.43 Å². The minimum Gasteiger partial charge on any atom is -0.503 e. The molecule has 2 heterocycles. The van der Waals surface area contributed by atoms with Gasteiger partial charge >= 0.3 is 0 Å². The molecule has 2 N–H and O–H groups in total. The average molecular weight is 431 g/mol. The molecule has 1 unspecified atom stereocenters. The van der Waals surface area contributed by atoms with Gasteiger partial charge in [0.05, 0.1) is 0 Å². The van der Waals surface area contributed by atoms with E-state index in [-0.39, 0.29) is 0 Å². The van der Waals surface area contributed by atoms with Gasteiger partial charge in [0.1, 0.15) is 29.1 Å². The molecule has 1 aliphatic heterocycles. The van der Waals surface area contributed by atoms with E-state index < -0.39 is 82.8 Å². The van der Waals surface area contributed by atoms with Crippen LogP contribution in [0.1, 0.15) is 26.4 Å². The molecule has 1 aromatic heterocycles. The van der Waals surface area contributed by atoms with Gasteiger partial charge in [0, 0.05) is 44.0 Å². The van der Waals surface area contributed by atoms with Crippen LogP contribution in [0.3, 0.4) is 0 Å². The molecule has 2 aromatic rings. The third-order valence-electron chi connectivity index (χ3n) is 4.73. The zero-order valence-electron chi connectivity index (χ0n) is 15.3. The van der Waals surface area contributed by atoms with Crippen LogP contribution < -0.4 is 10.7 Å². The van der Waals surface area contributed by atoms with Gasteiger partial charge in [-0.05, 0) is 0 Å². The molecule has 12 heteroatoms. The molecular weight excluding hydrogens is 417 g/mol. The SMILES string of the molecule is CN1C(=O)c2c(O)c(=O)c(C(=O)NCc3c(F)cc(F)cc3F)cn2CC1C(F)F. The highest BCUT2D eigenvalue weighted by Gasteiger charge is 2.38. The molecule has 1 aliphatic rings. The molecule has 0 saturated carbocycles. The minimum atomic E-state index is -2.93. The van der Waals surface area contributed by atoms with Gasteiger partial charge in [-0.3, -0.25) is 14.4 Å². The van der Waals surface area contributed by atoms with Crippen molar-refractivity contribution in [1.82, 2.24) is 14.8 Å². The maximum absolute atomic E-state index is 13.7. The summed E-state index contributed by atoms with van der Waals surface area (Å²) in [6, 6.07) is -0.765. The van der Waals surface area contributed by atoms with E-state index in [1.165, 1.54) is 0 Å². The Morgan fingerprint density at radius 2 is 1.83 bits per heavy atom. The fraction of sp³-hybridized carbons (Fsp3) is 0.278. The van der Waals surface area contributed by atoms with Gasteiger partial charge in [-0.2, -0.15) is 0 Å². The summed E-state index contributed by atoms with van der Waals surface area (Å²) in [7, 11) is 1.08. The fourth-order valence-corrected chi connectivity index (χ4v) is 3.08. The molecule has 1 aromatic carbocycles. The molecule has 0 aliphatic carbocycles. The second-order valence-corrected chi connectivity index (χ2v) is 6.57. The van der Waals surface area contributed by atoms with Crippen molar-refractivity contribution in [2.75, 3.05) is 7.05 Å². The number of aromatic nitrogens is 1. The number of carbonyl (C=O) groups excluding carboxylic acids is 2. The van der Waals surface area contributed by atoms with E-state index in [0.717, 1.165) is 17.8 Å². The number of aromatic hydroxyl groups is 1. The Kier molecular flexibility index (Phi) is 5.51. The van der Waals surface area contributed by atoms with Crippen molar-refractivity contribution in [3.05, 3.63) is 62.8 Å². The monoisotopic (exact) mass is 431 g/mol. The van der Waals surface area contributed by atoms with Crippen LogP contribution in [0.15, 0.2) is 23.1 Å². The first-order valence-electron chi connectivity index (χ1n) is 8.46. The van der Waals surface area contributed by atoms with E-state index in [9.17, 15) is 41.4 Å². The van der Waals surface area contributed by atoms with Crippen LogP contribution in [-0.4, -0.2) is 45.9 Å². The number of rotatable bonds is 4. The Morgan fingerprint density at radius 1 is 1.23 bits per heavy atom. The quantitative estimate of drug-likeness (QED) is 0.720. The van der Waals surface area contributed by atoms with E-state index in [2.05, 4.69) is 0 Å². The summed E-state index contributed by atoms with van der Waals surface area (Å²) in [5.74, 6) is -7.05. The largest absolute Gasteiger partial charge is 0.503 e. The van der Waals surface area contributed by atoms with Crippen LogP contribution in [0.25, 0.3) is 0 Å². The number of benzene rings is 1. The van der Waals surface area contributed by atoms with Gasteiger partial charge in [-0.15, -0.1) is 0 Å². The van der Waals surface area contributed by atoms with Crippen molar-refractivity contribution in [3.63, 3.8) is 0 Å². The smallest absolute Gasteiger partial charge is 0.274 e. The fourth-order valence-electron chi connectivity index (χ4n) is 3.08. The molecule has 3 rings (SSSR count). The van der Waals surface area contributed by atoms with E-state index in [4.69, 9.17) is 0 Å². The van der Waals surface area contributed by atoms with Crippen LogP contribution >= 0.6 is 0 Å². The average Bonchev–Trinajstić information content (AvgIpc) is 2.65. The lowest BCUT2D eigenvalue weighted by Gasteiger charge is -2.34. The number of amides is 2. The Hall–Kier alpha value is -3.44. The highest BCUT2D eigenvalue weighted by molar-refractivity contribution is 5.99. The normalized spacial score (nSPS) is 16.0. The summed E-state index contributed by atoms with van der Waals surface area (Å²) in [6.07, 6.45) is -2.12. The summed E-state index contributed by atoms with van der Waals surface area (Å²) < 4.78 is 67.5. The molecule has 2 amide bonds. The Morgan fingerprint density at radius 3 is 2.40 bits per heavy atom. The third kappa shape index (κ3) is 3.60. The topological polar surface area (TPSA) is 91.6 Å². The molecule has 7 nitrogen and oxygen atoms in total. The first-order valence-corrected chi connectivity index (χ1v) is 8.46. The summed E-state index contributed by atoms with van der Waals surface area (Å²) in [5.41, 5.74) is -3.24. The number of halogens is 5. The summed E-state index contributed by atoms with van der Waals surface area (Å²) in [5, 5.41) is 12.1. The van der Waals surface area contributed by atoms with Gasteiger partial charge < -0.3 is 19.9 Å². The van der Waals surface area contributed by atoms with Crippen molar-refractivity contribution in [2.45, 2.75) is 25.6 Å². The zero-order valence-corrected chi connectivity index (χ0v) is 15.3. The molecule has 0 fully saturated rings. The van der Waals surface area contributed by atoms with E-state index in [0.29, 0.717) is 17.0 Å². The summed E-state index contributed by atoms with van der Waals surface area (Å²) >= 11 is 0. The Balaban J connectivity index is 1.93. The van der Waals surface area contributed by atoms with E-state index in [1.807, 2.05) is 5.32 Å². The molecule has 1 atom stereocenters. The van der Waals surface area contributed by atoms with Gasteiger partial charge in [-0.1, -0.05) is 0 Å². The zero-order chi connectivity index (χ0) is 22.3. The number of likely N-dealkylation sites (N-methyl/N-ethyl adjacent to an activating group) is 1. The molecular formula is C18H14F5N3O4. The van der Waals surface area contributed by atoms with Gasteiger partial charge in [-0.25, -0.2) is 22.0 Å². The lowest BCUT2D eigenvalue weighted by Crippen LogP contribution is -2.50. The number of hydrogen-bond acceptors (Lipinski definition) is 4. The second-order valence-electron chi connectivity index (χ2n) is 6.57.